The third kappa shape index (κ3) is 3.00. The molecule has 0 unspecified atom stereocenters. The van der Waals surface area contributed by atoms with Gasteiger partial charge in [0.2, 0.25) is 5.71 Å². The molecule has 3 heterocycles. The van der Waals surface area contributed by atoms with Crippen LogP contribution in [0.4, 0.5) is 4.39 Å². The molecule has 0 bridgehead atoms. The highest BCUT2D eigenvalue weighted by Crippen LogP contribution is 2.53. The van der Waals surface area contributed by atoms with E-state index >= 15 is 0 Å². The van der Waals surface area contributed by atoms with Gasteiger partial charge in [-0.25, -0.2) is 14.4 Å². The normalized spacial score (nSPS) is 13.8. The molecule has 9 rings (SSSR count). The van der Waals surface area contributed by atoms with E-state index in [0.29, 0.717) is 22.7 Å². The van der Waals surface area contributed by atoms with Gasteiger partial charge in [-0.1, -0.05) is 74.5 Å². The van der Waals surface area contributed by atoms with E-state index in [2.05, 4.69) is 79.1 Å². The molecule has 4 nitrogen and oxygen atoms in total. The fourth-order valence-corrected chi connectivity index (χ4v) is 7.03. The van der Waals surface area contributed by atoms with Crippen molar-refractivity contribution in [3.63, 3.8) is 0 Å². The Hall–Kier alpha value is -5.29. The van der Waals surface area contributed by atoms with E-state index in [9.17, 15) is 4.39 Å². The minimum absolute atomic E-state index is 0.184. The van der Waals surface area contributed by atoms with E-state index in [-0.39, 0.29) is 11.2 Å². The molecule has 3 aromatic heterocycles. The molecule has 42 heavy (non-hydrogen) atoms. The van der Waals surface area contributed by atoms with E-state index in [0.717, 1.165) is 33.0 Å². The Kier molecular flexibility index (Phi) is 4.54. The zero-order valence-corrected chi connectivity index (χ0v) is 23.0. The van der Waals surface area contributed by atoms with Crippen LogP contribution in [-0.4, -0.2) is 14.5 Å². The van der Waals surface area contributed by atoms with Gasteiger partial charge in [-0.15, -0.1) is 0 Å². The molecule has 0 amide bonds. The quantitative estimate of drug-likeness (QED) is 0.217. The van der Waals surface area contributed by atoms with Gasteiger partial charge in [0.05, 0.1) is 11.0 Å². The van der Waals surface area contributed by atoms with Crippen molar-refractivity contribution in [1.29, 1.82) is 0 Å². The van der Waals surface area contributed by atoms with Crippen LogP contribution in [0.2, 0.25) is 0 Å². The van der Waals surface area contributed by atoms with Gasteiger partial charge in [0.1, 0.15) is 22.6 Å². The summed E-state index contributed by atoms with van der Waals surface area (Å²) < 4.78 is 22.4. The third-order valence-corrected chi connectivity index (χ3v) is 8.88. The highest BCUT2D eigenvalue weighted by atomic mass is 19.1. The highest BCUT2D eigenvalue weighted by molar-refractivity contribution is 6.15. The molecule has 0 spiro atoms. The summed E-state index contributed by atoms with van der Waals surface area (Å²) in [5, 5.41) is 3.28. The standard InChI is InChI=1S/C37H24FN3O/c1-37(2)27-12-6-3-9-23(27)24-19-20-29-31(32(24)37)25-10-4-7-13-28(25)41(29)35-33(21-15-17-22(38)18-16-21)40-36-34(39-35)26-11-5-8-14-30(26)42-36/h3-20H,1-2H3. The second-order valence-corrected chi connectivity index (χ2v) is 11.6. The highest BCUT2D eigenvalue weighted by Gasteiger charge is 2.38. The Morgan fingerprint density at radius 2 is 1.43 bits per heavy atom. The van der Waals surface area contributed by atoms with Crippen molar-refractivity contribution < 1.29 is 8.81 Å². The first-order valence-electron chi connectivity index (χ1n) is 14.1. The number of fused-ring (bicyclic) bond motifs is 10. The summed E-state index contributed by atoms with van der Waals surface area (Å²) in [6.45, 7) is 4.63. The van der Waals surface area contributed by atoms with Gasteiger partial charge in [0, 0.05) is 27.1 Å². The predicted molar refractivity (Wildman–Crippen MR) is 167 cm³/mol. The molecule has 0 aliphatic heterocycles. The summed E-state index contributed by atoms with van der Waals surface area (Å²) in [6, 6.07) is 36.0. The Labute approximate surface area is 240 Å². The number of hydrogen-bond donors (Lipinski definition) is 0. The average Bonchev–Trinajstić information content (AvgIpc) is 3.62. The lowest BCUT2D eigenvalue weighted by Crippen LogP contribution is -2.15. The van der Waals surface area contributed by atoms with E-state index in [1.165, 1.54) is 39.8 Å². The number of benzene rings is 5. The monoisotopic (exact) mass is 545 g/mol. The van der Waals surface area contributed by atoms with Crippen molar-refractivity contribution in [2.24, 2.45) is 0 Å². The number of aromatic nitrogens is 3. The number of furan rings is 1. The van der Waals surface area contributed by atoms with Crippen LogP contribution in [0, 0.1) is 5.82 Å². The summed E-state index contributed by atoms with van der Waals surface area (Å²) >= 11 is 0. The van der Waals surface area contributed by atoms with Crippen molar-refractivity contribution in [1.82, 2.24) is 14.5 Å². The summed E-state index contributed by atoms with van der Waals surface area (Å²) in [5.41, 5.74) is 10.4. The maximum atomic E-state index is 14.0. The third-order valence-electron chi connectivity index (χ3n) is 8.88. The van der Waals surface area contributed by atoms with Crippen LogP contribution in [0.15, 0.2) is 114 Å². The van der Waals surface area contributed by atoms with Crippen LogP contribution < -0.4 is 0 Å². The van der Waals surface area contributed by atoms with Gasteiger partial charge in [-0.05, 0) is 70.8 Å². The predicted octanol–water partition coefficient (Wildman–Crippen LogP) is 9.59. The molecule has 5 heteroatoms. The Morgan fingerprint density at radius 3 is 2.29 bits per heavy atom. The molecule has 0 radical (unpaired) electrons. The zero-order chi connectivity index (χ0) is 28.2. The molecule has 0 atom stereocenters. The van der Waals surface area contributed by atoms with Gasteiger partial charge in [-0.3, -0.25) is 4.57 Å². The van der Waals surface area contributed by atoms with Crippen LogP contribution in [0.3, 0.4) is 0 Å². The Balaban J connectivity index is 1.45. The largest absolute Gasteiger partial charge is 0.436 e. The van der Waals surface area contributed by atoms with Crippen molar-refractivity contribution in [3.05, 3.63) is 126 Å². The lowest BCUT2D eigenvalue weighted by atomic mass is 9.80. The summed E-state index contributed by atoms with van der Waals surface area (Å²) in [5.74, 6) is 0.382. The fourth-order valence-electron chi connectivity index (χ4n) is 7.03. The number of hydrogen-bond acceptors (Lipinski definition) is 3. The molecule has 0 fully saturated rings. The number of halogens is 1. The van der Waals surface area contributed by atoms with Gasteiger partial charge in [0.15, 0.2) is 5.82 Å². The second-order valence-electron chi connectivity index (χ2n) is 11.6. The average molecular weight is 546 g/mol. The summed E-state index contributed by atoms with van der Waals surface area (Å²) in [7, 11) is 0. The first kappa shape index (κ1) is 23.4. The maximum Gasteiger partial charge on any atom is 0.247 e. The smallest absolute Gasteiger partial charge is 0.247 e. The summed E-state index contributed by atoms with van der Waals surface area (Å²) in [6.07, 6.45) is 0. The molecule has 1 aliphatic carbocycles. The zero-order valence-electron chi connectivity index (χ0n) is 23.0. The second kappa shape index (κ2) is 8.14. The van der Waals surface area contributed by atoms with Crippen molar-refractivity contribution >= 4 is 44.0 Å². The number of rotatable bonds is 2. The molecule has 0 saturated heterocycles. The van der Waals surface area contributed by atoms with Crippen LogP contribution >= 0.6 is 0 Å². The fraction of sp³-hybridized carbons (Fsp3) is 0.0811. The first-order chi connectivity index (χ1) is 20.5. The topological polar surface area (TPSA) is 43.9 Å². The van der Waals surface area contributed by atoms with E-state index < -0.39 is 0 Å². The van der Waals surface area contributed by atoms with Gasteiger partial charge < -0.3 is 4.42 Å². The van der Waals surface area contributed by atoms with Gasteiger partial charge in [0.25, 0.3) is 0 Å². The minimum atomic E-state index is -0.299. The molecule has 5 aromatic carbocycles. The molecule has 1 aliphatic rings. The van der Waals surface area contributed by atoms with Crippen LogP contribution in [0.5, 0.6) is 0 Å². The minimum Gasteiger partial charge on any atom is -0.436 e. The molecule has 0 N–H and O–H groups in total. The van der Waals surface area contributed by atoms with Crippen LogP contribution in [0.1, 0.15) is 25.0 Å². The van der Waals surface area contributed by atoms with Crippen LogP contribution in [0.25, 0.3) is 72.2 Å². The van der Waals surface area contributed by atoms with E-state index in [1.54, 1.807) is 12.1 Å². The lowest BCUT2D eigenvalue weighted by molar-refractivity contribution is 0.628. The van der Waals surface area contributed by atoms with Gasteiger partial charge >= 0.3 is 0 Å². The van der Waals surface area contributed by atoms with E-state index in [4.69, 9.17) is 14.4 Å². The Morgan fingerprint density at radius 1 is 0.690 bits per heavy atom. The molecular weight excluding hydrogens is 521 g/mol. The van der Waals surface area contributed by atoms with Gasteiger partial charge in [-0.2, -0.15) is 0 Å². The lowest BCUT2D eigenvalue weighted by Gasteiger charge is -2.22. The molecular formula is C37H24FN3O. The molecule has 8 aromatic rings. The van der Waals surface area contributed by atoms with Crippen molar-refractivity contribution in [2.75, 3.05) is 0 Å². The van der Waals surface area contributed by atoms with E-state index in [1.807, 2.05) is 24.3 Å². The first-order valence-corrected chi connectivity index (χ1v) is 14.1. The molecule has 200 valence electrons. The Bertz CT molecular complexity index is 2400. The SMILES string of the molecule is CC1(C)c2ccccc2-c2ccc3c(c21)c1ccccc1n3-c1nc2c(nc1-c1ccc(F)cc1)oc1ccccc12. The number of para-hydroxylation sites is 2. The molecule has 0 saturated carbocycles. The maximum absolute atomic E-state index is 14.0. The van der Waals surface area contributed by atoms with Crippen molar-refractivity contribution in [2.45, 2.75) is 19.3 Å². The van der Waals surface area contributed by atoms with Crippen LogP contribution in [-0.2, 0) is 5.41 Å². The summed E-state index contributed by atoms with van der Waals surface area (Å²) in [4.78, 5) is 10.3. The number of nitrogens with zero attached hydrogens (tertiary/aromatic N) is 3. The van der Waals surface area contributed by atoms with Crippen molar-refractivity contribution in [3.8, 4) is 28.2 Å².